The topological polar surface area (TPSA) is 19.4 Å². The van der Waals surface area contributed by atoms with Gasteiger partial charge in [-0.05, 0) is 63.5 Å². The molecule has 3 heterocycles. The van der Waals surface area contributed by atoms with Crippen LogP contribution in [0.4, 0.5) is 0 Å². The van der Waals surface area contributed by atoms with Gasteiger partial charge >= 0.3 is 0 Å². The van der Waals surface area contributed by atoms with E-state index >= 15 is 0 Å². The Morgan fingerprint density at radius 2 is 1.80 bits per heavy atom. The molecule has 1 aromatic rings. The Labute approximate surface area is 126 Å². The quantitative estimate of drug-likeness (QED) is 0.798. The van der Waals surface area contributed by atoms with Gasteiger partial charge in [-0.2, -0.15) is 0 Å². The molecule has 0 N–H and O–H groups in total. The van der Waals surface area contributed by atoms with E-state index in [1.165, 1.54) is 63.8 Å². The van der Waals surface area contributed by atoms with E-state index in [0.717, 1.165) is 12.6 Å². The number of piperidine rings is 2. The minimum Gasteiger partial charge on any atom is -0.300 e. The van der Waals surface area contributed by atoms with Crippen LogP contribution in [0.25, 0.3) is 0 Å². The fourth-order valence-corrected chi connectivity index (χ4v) is 3.60. The van der Waals surface area contributed by atoms with E-state index in [-0.39, 0.29) is 0 Å². The summed E-state index contributed by atoms with van der Waals surface area (Å²) in [5.41, 5.74) is 1.27. The van der Waals surface area contributed by atoms with Gasteiger partial charge in [-0.1, -0.05) is 24.1 Å². The highest BCUT2D eigenvalue weighted by molar-refractivity contribution is 6.29. The molecule has 0 aliphatic carbocycles. The zero-order valence-corrected chi connectivity index (χ0v) is 12.9. The van der Waals surface area contributed by atoms with Crippen molar-refractivity contribution >= 4 is 11.6 Å². The molecule has 2 fully saturated rings. The third kappa shape index (κ3) is 3.72. The second kappa shape index (κ2) is 6.88. The largest absolute Gasteiger partial charge is 0.300 e. The van der Waals surface area contributed by atoms with Crippen LogP contribution in [0.3, 0.4) is 0 Å². The molecule has 110 valence electrons. The molecule has 0 bridgehead atoms. The maximum atomic E-state index is 5.83. The summed E-state index contributed by atoms with van der Waals surface area (Å²) >= 11 is 5.83. The molecule has 0 unspecified atom stereocenters. The van der Waals surface area contributed by atoms with Crippen LogP contribution in [0.15, 0.2) is 18.3 Å². The molecule has 3 nitrogen and oxygen atoms in total. The SMILES string of the molecule is Clc1ccc(CN2CCC(N3CCCCC3)CC2)cn1. The maximum Gasteiger partial charge on any atom is 0.129 e. The van der Waals surface area contributed by atoms with Gasteiger partial charge in [0.25, 0.3) is 0 Å². The van der Waals surface area contributed by atoms with Crippen molar-refractivity contribution in [3.8, 4) is 0 Å². The fourth-order valence-electron chi connectivity index (χ4n) is 3.48. The van der Waals surface area contributed by atoms with E-state index in [1.54, 1.807) is 0 Å². The molecule has 20 heavy (non-hydrogen) atoms. The zero-order chi connectivity index (χ0) is 13.8. The van der Waals surface area contributed by atoms with Crippen LogP contribution in [0.1, 0.15) is 37.7 Å². The van der Waals surface area contributed by atoms with E-state index in [2.05, 4.69) is 20.9 Å². The molecule has 2 aliphatic rings. The Bertz CT molecular complexity index is 406. The molecule has 0 saturated carbocycles. The number of nitrogens with zero attached hydrogens (tertiary/aromatic N) is 3. The molecule has 0 radical (unpaired) electrons. The van der Waals surface area contributed by atoms with E-state index in [4.69, 9.17) is 11.6 Å². The number of rotatable bonds is 3. The van der Waals surface area contributed by atoms with Gasteiger partial charge in [-0.15, -0.1) is 0 Å². The lowest BCUT2D eigenvalue weighted by Gasteiger charge is -2.40. The molecule has 4 heteroatoms. The minimum absolute atomic E-state index is 0.581. The third-order valence-electron chi connectivity index (χ3n) is 4.66. The summed E-state index contributed by atoms with van der Waals surface area (Å²) in [6.45, 7) is 6.09. The Hall–Kier alpha value is -0.640. The smallest absolute Gasteiger partial charge is 0.129 e. The number of halogens is 1. The fraction of sp³-hybridized carbons (Fsp3) is 0.688. The number of hydrogen-bond acceptors (Lipinski definition) is 3. The molecular weight excluding hydrogens is 270 g/mol. The van der Waals surface area contributed by atoms with Gasteiger partial charge in [0.1, 0.15) is 5.15 Å². The maximum absolute atomic E-state index is 5.83. The van der Waals surface area contributed by atoms with Gasteiger partial charge in [0.2, 0.25) is 0 Å². The highest BCUT2D eigenvalue weighted by Crippen LogP contribution is 2.21. The molecule has 0 aromatic carbocycles. The second-order valence-electron chi connectivity index (χ2n) is 6.09. The standard InChI is InChI=1S/C16H24ClN3/c17-16-5-4-14(12-18-16)13-19-10-6-15(7-11-19)20-8-2-1-3-9-20/h4-5,12,15H,1-3,6-11,13H2. The number of aromatic nitrogens is 1. The van der Waals surface area contributed by atoms with Crippen LogP contribution in [0.5, 0.6) is 0 Å². The highest BCUT2D eigenvalue weighted by Gasteiger charge is 2.25. The first kappa shape index (κ1) is 14.3. The van der Waals surface area contributed by atoms with Crippen molar-refractivity contribution in [3.05, 3.63) is 29.0 Å². The van der Waals surface area contributed by atoms with Crippen LogP contribution in [-0.2, 0) is 6.54 Å². The lowest BCUT2D eigenvalue weighted by atomic mass is 9.99. The van der Waals surface area contributed by atoms with Crippen LogP contribution in [0.2, 0.25) is 5.15 Å². The highest BCUT2D eigenvalue weighted by atomic mass is 35.5. The summed E-state index contributed by atoms with van der Waals surface area (Å²) < 4.78 is 0. The van der Waals surface area contributed by atoms with E-state index in [0.29, 0.717) is 5.15 Å². The predicted molar refractivity (Wildman–Crippen MR) is 83.0 cm³/mol. The summed E-state index contributed by atoms with van der Waals surface area (Å²) in [7, 11) is 0. The number of pyridine rings is 1. The van der Waals surface area contributed by atoms with Crippen molar-refractivity contribution in [1.29, 1.82) is 0 Å². The van der Waals surface area contributed by atoms with E-state index in [9.17, 15) is 0 Å². The molecular formula is C16H24ClN3. The van der Waals surface area contributed by atoms with Gasteiger partial charge in [0, 0.05) is 18.8 Å². The first-order valence-corrected chi connectivity index (χ1v) is 8.26. The van der Waals surface area contributed by atoms with E-state index < -0.39 is 0 Å². The number of likely N-dealkylation sites (tertiary alicyclic amines) is 2. The van der Waals surface area contributed by atoms with Crippen LogP contribution < -0.4 is 0 Å². The van der Waals surface area contributed by atoms with Gasteiger partial charge in [0.15, 0.2) is 0 Å². The van der Waals surface area contributed by atoms with Gasteiger partial charge in [-0.25, -0.2) is 4.98 Å². The van der Waals surface area contributed by atoms with Gasteiger partial charge in [-0.3, -0.25) is 4.90 Å². The van der Waals surface area contributed by atoms with Crippen molar-refractivity contribution in [1.82, 2.24) is 14.8 Å². The van der Waals surface area contributed by atoms with Crippen molar-refractivity contribution in [2.24, 2.45) is 0 Å². The molecule has 2 saturated heterocycles. The Morgan fingerprint density at radius 1 is 1.05 bits per heavy atom. The lowest BCUT2D eigenvalue weighted by molar-refractivity contribution is 0.0896. The molecule has 3 rings (SSSR count). The Morgan fingerprint density at radius 3 is 2.45 bits per heavy atom. The molecule has 0 atom stereocenters. The van der Waals surface area contributed by atoms with Crippen LogP contribution in [-0.4, -0.2) is 47.0 Å². The monoisotopic (exact) mass is 293 g/mol. The molecule has 2 aliphatic heterocycles. The van der Waals surface area contributed by atoms with Crippen molar-refractivity contribution in [3.63, 3.8) is 0 Å². The average Bonchev–Trinajstić information content (AvgIpc) is 2.51. The zero-order valence-electron chi connectivity index (χ0n) is 12.1. The summed E-state index contributed by atoms with van der Waals surface area (Å²) in [4.78, 5) is 9.44. The first-order chi connectivity index (χ1) is 9.81. The Balaban J connectivity index is 1.47. The van der Waals surface area contributed by atoms with Gasteiger partial charge < -0.3 is 4.90 Å². The molecule has 1 aromatic heterocycles. The van der Waals surface area contributed by atoms with Crippen molar-refractivity contribution in [2.45, 2.75) is 44.7 Å². The van der Waals surface area contributed by atoms with Gasteiger partial charge in [0.05, 0.1) is 0 Å². The van der Waals surface area contributed by atoms with Crippen LogP contribution in [0, 0.1) is 0 Å². The average molecular weight is 294 g/mol. The van der Waals surface area contributed by atoms with Crippen molar-refractivity contribution < 1.29 is 0 Å². The first-order valence-electron chi connectivity index (χ1n) is 7.88. The summed E-state index contributed by atoms with van der Waals surface area (Å²) in [5, 5.41) is 0.581. The summed E-state index contributed by atoms with van der Waals surface area (Å²) in [6.07, 6.45) is 8.77. The van der Waals surface area contributed by atoms with Crippen molar-refractivity contribution in [2.75, 3.05) is 26.2 Å². The summed E-state index contributed by atoms with van der Waals surface area (Å²) in [6, 6.07) is 4.80. The van der Waals surface area contributed by atoms with E-state index in [1.807, 2.05) is 12.3 Å². The minimum atomic E-state index is 0.581. The lowest BCUT2D eigenvalue weighted by Crippen LogP contribution is -2.46. The second-order valence-corrected chi connectivity index (χ2v) is 6.48. The summed E-state index contributed by atoms with van der Waals surface area (Å²) in [5.74, 6) is 0. The normalized spacial score (nSPS) is 23.1. The third-order valence-corrected chi connectivity index (χ3v) is 4.88. The Kier molecular flexibility index (Phi) is 4.92. The molecule has 0 spiro atoms. The predicted octanol–water partition coefficient (Wildman–Crippen LogP) is 3.19. The molecule has 0 amide bonds. The number of hydrogen-bond donors (Lipinski definition) is 0. The van der Waals surface area contributed by atoms with Crippen LogP contribution >= 0.6 is 11.6 Å².